The standard InChI is InChI=1S/C15H24FN3O/c1-4-11(5-2)19(9-10-20-3)13-8-6-7-12(16)14(13)15(17)18/h6-8,11H,4-5,9-10H2,1-3H3,(H3,17,18). The molecule has 112 valence electrons. The van der Waals surface area contributed by atoms with Gasteiger partial charge < -0.3 is 15.4 Å². The highest BCUT2D eigenvalue weighted by molar-refractivity contribution is 6.00. The number of methoxy groups -OCH3 is 1. The number of halogens is 1. The SMILES string of the molecule is CCC(CC)N(CCOC)c1cccc(F)c1C(=N)N. The second-order valence-electron chi connectivity index (χ2n) is 4.70. The molecule has 0 aliphatic carbocycles. The predicted octanol–water partition coefficient (Wildman–Crippen LogP) is 2.75. The minimum absolute atomic E-state index is 0.176. The third kappa shape index (κ3) is 3.70. The van der Waals surface area contributed by atoms with Crippen molar-refractivity contribution in [2.24, 2.45) is 5.73 Å². The molecular weight excluding hydrogens is 257 g/mol. The highest BCUT2D eigenvalue weighted by Gasteiger charge is 2.21. The third-order valence-electron chi connectivity index (χ3n) is 3.49. The lowest BCUT2D eigenvalue weighted by Crippen LogP contribution is -2.38. The Morgan fingerprint density at radius 3 is 2.55 bits per heavy atom. The molecule has 0 spiro atoms. The van der Waals surface area contributed by atoms with Crippen LogP contribution < -0.4 is 10.6 Å². The van der Waals surface area contributed by atoms with Crippen LogP contribution in [0.3, 0.4) is 0 Å². The van der Waals surface area contributed by atoms with Gasteiger partial charge in [-0.25, -0.2) is 4.39 Å². The molecule has 0 heterocycles. The third-order valence-corrected chi connectivity index (χ3v) is 3.49. The van der Waals surface area contributed by atoms with Gasteiger partial charge in [0.05, 0.1) is 17.9 Å². The molecule has 1 rings (SSSR count). The van der Waals surface area contributed by atoms with Gasteiger partial charge in [0.15, 0.2) is 0 Å². The molecule has 0 aliphatic heterocycles. The van der Waals surface area contributed by atoms with Gasteiger partial charge in [0, 0.05) is 19.7 Å². The van der Waals surface area contributed by atoms with Crippen LogP contribution in [0.2, 0.25) is 0 Å². The number of hydrogen-bond donors (Lipinski definition) is 2. The number of rotatable bonds is 8. The summed E-state index contributed by atoms with van der Waals surface area (Å²) in [7, 11) is 1.64. The van der Waals surface area contributed by atoms with Crippen molar-refractivity contribution in [2.75, 3.05) is 25.2 Å². The van der Waals surface area contributed by atoms with Crippen LogP contribution in [0.5, 0.6) is 0 Å². The first-order valence-corrected chi connectivity index (χ1v) is 6.95. The first-order valence-electron chi connectivity index (χ1n) is 6.95. The van der Waals surface area contributed by atoms with E-state index < -0.39 is 5.82 Å². The number of benzene rings is 1. The molecular formula is C15H24FN3O. The molecule has 0 aliphatic rings. The molecule has 4 nitrogen and oxygen atoms in total. The molecule has 20 heavy (non-hydrogen) atoms. The van der Waals surface area contributed by atoms with E-state index in [1.807, 2.05) is 6.07 Å². The van der Waals surface area contributed by atoms with E-state index in [0.717, 1.165) is 12.8 Å². The lowest BCUT2D eigenvalue weighted by molar-refractivity contribution is 0.202. The molecule has 3 N–H and O–H groups in total. The van der Waals surface area contributed by atoms with E-state index >= 15 is 0 Å². The van der Waals surface area contributed by atoms with Crippen LogP contribution in [0.4, 0.5) is 10.1 Å². The van der Waals surface area contributed by atoms with Crippen LogP contribution in [0.15, 0.2) is 18.2 Å². The van der Waals surface area contributed by atoms with Crippen LogP contribution in [-0.2, 0) is 4.74 Å². The largest absolute Gasteiger partial charge is 0.384 e. The molecule has 0 atom stereocenters. The zero-order valence-electron chi connectivity index (χ0n) is 12.4. The fraction of sp³-hybridized carbons (Fsp3) is 0.533. The first kappa shape index (κ1) is 16.4. The number of amidine groups is 1. The summed E-state index contributed by atoms with van der Waals surface area (Å²) >= 11 is 0. The average Bonchev–Trinajstić information content (AvgIpc) is 2.42. The number of nitrogens with two attached hydrogens (primary N) is 1. The van der Waals surface area contributed by atoms with Gasteiger partial charge in [0.2, 0.25) is 0 Å². The van der Waals surface area contributed by atoms with Crippen molar-refractivity contribution < 1.29 is 9.13 Å². The van der Waals surface area contributed by atoms with Crippen molar-refractivity contribution in [3.05, 3.63) is 29.6 Å². The van der Waals surface area contributed by atoms with Crippen molar-refractivity contribution in [3.8, 4) is 0 Å². The molecule has 0 saturated carbocycles. The predicted molar refractivity (Wildman–Crippen MR) is 81.0 cm³/mol. The molecule has 1 aromatic rings. The van der Waals surface area contributed by atoms with Crippen LogP contribution >= 0.6 is 0 Å². The Balaban J connectivity index is 3.25. The Kier molecular flexibility index (Phi) is 6.45. The van der Waals surface area contributed by atoms with E-state index in [4.69, 9.17) is 15.9 Å². The number of anilines is 1. The quantitative estimate of drug-likeness (QED) is 0.569. The van der Waals surface area contributed by atoms with Gasteiger partial charge in [-0.1, -0.05) is 19.9 Å². The summed E-state index contributed by atoms with van der Waals surface area (Å²) in [5.41, 5.74) is 6.40. The van der Waals surface area contributed by atoms with E-state index in [2.05, 4.69) is 18.7 Å². The molecule has 0 saturated heterocycles. The van der Waals surface area contributed by atoms with Crippen molar-refractivity contribution in [2.45, 2.75) is 32.7 Å². The van der Waals surface area contributed by atoms with Crippen LogP contribution in [-0.4, -0.2) is 32.1 Å². The van der Waals surface area contributed by atoms with E-state index in [-0.39, 0.29) is 17.4 Å². The minimum Gasteiger partial charge on any atom is -0.384 e. The molecule has 0 radical (unpaired) electrons. The summed E-state index contributed by atoms with van der Waals surface area (Å²) in [6.07, 6.45) is 1.88. The van der Waals surface area contributed by atoms with E-state index in [1.165, 1.54) is 6.07 Å². The van der Waals surface area contributed by atoms with Gasteiger partial charge in [0.25, 0.3) is 0 Å². The van der Waals surface area contributed by atoms with Gasteiger partial charge in [-0.15, -0.1) is 0 Å². The zero-order chi connectivity index (χ0) is 15.1. The summed E-state index contributed by atoms with van der Waals surface area (Å²) in [5, 5.41) is 7.62. The smallest absolute Gasteiger partial charge is 0.136 e. The second kappa shape index (κ2) is 7.85. The van der Waals surface area contributed by atoms with Crippen LogP contribution in [0.25, 0.3) is 0 Å². The molecule has 5 heteroatoms. The normalized spacial score (nSPS) is 10.8. The minimum atomic E-state index is -0.455. The maximum atomic E-state index is 14.0. The Labute approximate surface area is 120 Å². The Bertz CT molecular complexity index is 447. The van der Waals surface area contributed by atoms with Crippen LogP contribution in [0.1, 0.15) is 32.3 Å². The molecule has 0 amide bonds. The molecule has 0 unspecified atom stereocenters. The summed E-state index contributed by atoms with van der Waals surface area (Å²) in [5.74, 6) is -0.699. The topological polar surface area (TPSA) is 62.3 Å². The van der Waals surface area contributed by atoms with Gasteiger partial charge in [-0.2, -0.15) is 0 Å². The number of ether oxygens (including phenoxy) is 1. The molecule has 1 aromatic carbocycles. The maximum Gasteiger partial charge on any atom is 0.136 e. The van der Waals surface area contributed by atoms with E-state index in [0.29, 0.717) is 18.8 Å². The number of nitrogens with zero attached hydrogens (tertiary/aromatic N) is 1. The fourth-order valence-corrected chi connectivity index (χ4v) is 2.44. The van der Waals surface area contributed by atoms with E-state index in [1.54, 1.807) is 13.2 Å². The Morgan fingerprint density at radius 1 is 1.40 bits per heavy atom. The zero-order valence-corrected chi connectivity index (χ0v) is 12.4. The van der Waals surface area contributed by atoms with Gasteiger partial charge in [0.1, 0.15) is 11.7 Å². The second-order valence-corrected chi connectivity index (χ2v) is 4.70. The summed E-state index contributed by atoms with van der Waals surface area (Å²) in [4.78, 5) is 2.09. The van der Waals surface area contributed by atoms with Crippen molar-refractivity contribution in [1.29, 1.82) is 5.41 Å². The summed E-state index contributed by atoms with van der Waals surface area (Å²) in [6, 6.07) is 5.07. The number of hydrogen-bond acceptors (Lipinski definition) is 3. The van der Waals surface area contributed by atoms with E-state index in [9.17, 15) is 4.39 Å². The average molecular weight is 281 g/mol. The summed E-state index contributed by atoms with van der Waals surface area (Å²) in [6.45, 7) is 5.39. The Hall–Kier alpha value is -1.62. The molecule has 0 bridgehead atoms. The highest BCUT2D eigenvalue weighted by Crippen LogP contribution is 2.26. The molecule has 0 aromatic heterocycles. The first-order chi connectivity index (χ1) is 9.56. The van der Waals surface area contributed by atoms with Crippen LogP contribution in [0, 0.1) is 11.2 Å². The van der Waals surface area contributed by atoms with Crippen molar-refractivity contribution in [1.82, 2.24) is 0 Å². The summed E-state index contributed by atoms with van der Waals surface area (Å²) < 4.78 is 19.1. The van der Waals surface area contributed by atoms with Crippen molar-refractivity contribution >= 4 is 11.5 Å². The van der Waals surface area contributed by atoms with Crippen molar-refractivity contribution in [3.63, 3.8) is 0 Å². The lowest BCUT2D eigenvalue weighted by Gasteiger charge is -2.34. The maximum absolute atomic E-state index is 14.0. The fourth-order valence-electron chi connectivity index (χ4n) is 2.44. The molecule has 0 fully saturated rings. The van der Waals surface area contributed by atoms with Gasteiger partial charge in [-0.3, -0.25) is 5.41 Å². The Morgan fingerprint density at radius 2 is 2.05 bits per heavy atom. The number of nitrogens with one attached hydrogen (secondary N) is 1. The lowest BCUT2D eigenvalue weighted by atomic mass is 10.1. The van der Waals surface area contributed by atoms with Gasteiger partial charge in [-0.05, 0) is 25.0 Å². The number of nitrogen functional groups attached to an aromatic ring is 1. The highest BCUT2D eigenvalue weighted by atomic mass is 19.1. The monoisotopic (exact) mass is 281 g/mol. The van der Waals surface area contributed by atoms with Gasteiger partial charge >= 0.3 is 0 Å².